The van der Waals surface area contributed by atoms with E-state index in [9.17, 15) is 0 Å². The van der Waals surface area contributed by atoms with Crippen molar-refractivity contribution in [2.24, 2.45) is 0 Å². The van der Waals surface area contributed by atoms with E-state index in [-0.39, 0.29) is 0 Å². The second-order valence-electron chi connectivity index (χ2n) is 6.19. The molecule has 2 aromatic rings. The largest absolute Gasteiger partial charge is 0.370 e. The first-order valence-corrected chi connectivity index (χ1v) is 8.05. The minimum atomic E-state index is 0.391. The minimum Gasteiger partial charge on any atom is -0.370 e. The third-order valence-corrected chi connectivity index (χ3v) is 4.48. The zero-order valence-electron chi connectivity index (χ0n) is 12.5. The third-order valence-electron chi connectivity index (χ3n) is 4.48. The van der Waals surface area contributed by atoms with E-state index >= 15 is 0 Å². The Bertz CT molecular complexity index is 661. The molecule has 2 aliphatic rings. The lowest BCUT2D eigenvalue weighted by Gasteiger charge is -2.29. The Morgan fingerprint density at radius 3 is 2.81 bits per heavy atom. The summed E-state index contributed by atoms with van der Waals surface area (Å²) in [7, 11) is 0. The predicted molar refractivity (Wildman–Crippen MR) is 84.8 cm³/mol. The fourth-order valence-corrected chi connectivity index (χ4v) is 3.06. The number of nitrogens with one attached hydrogen (secondary N) is 1. The molecule has 1 aromatic heterocycles. The van der Waals surface area contributed by atoms with Crippen LogP contribution in [-0.4, -0.2) is 16.5 Å². The van der Waals surface area contributed by atoms with Gasteiger partial charge in [-0.15, -0.1) is 0 Å². The Labute approximate surface area is 125 Å². The van der Waals surface area contributed by atoms with E-state index in [2.05, 4.69) is 42.6 Å². The lowest BCUT2D eigenvalue weighted by molar-refractivity contribution is 0.654. The summed E-state index contributed by atoms with van der Waals surface area (Å²) in [4.78, 5) is 9.65. The highest BCUT2D eigenvalue weighted by atomic mass is 15.0. The molecule has 0 bridgehead atoms. The lowest BCUT2D eigenvalue weighted by Crippen LogP contribution is -2.21. The summed E-state index contributed by atoms with van der Waals surface area (Å²) >= 11 is 0. The molecular weight excluding hydrogens is 258 g/mol. The van der Waals surface area contributed by atoms with Gasteiger partial charge in [0.15, 0.2) is 0 Å². The lowest BCUT2D eigenvalue weighted by atomic mass is 9.77. The van der Waals surface area contributed by atoms with Gasteiger partial charge in [-0.3, -0.25) is 0 Å². The van der Waals surface area contributed by atoms with E-state index in [0.717, 1.165) is 31.0 Å². The zero-order valence-corrected chi connectivity index (χ0v) is 12.5. The van der Waals surface area contributed by atoms with Crippen molar-refractivity contribution in [1.29, 1.82) is 0 Å². The van der Waals surface area contributed by atoms with E-state index in [1.54, 1.807) is 0 Å². The molecule has 1 N–H and O–H groups in total. The van der Waals surface area contributed by atoms with Crippen LogP contribution in [0.25, 0.3) is 0 Å². The maximum Gasteiger partial charge on any atom is 0.138 e. The number of nitrogens with zero attached hydrogens (tertiary/aromatic N) is 2. The molecule has 1 heterocycles. The highest BCUT2D eigenvalue weighted by molar-refractivity contribution is 5.46. The van der Waals surface area contributed by atoms with Crippen LogP contribution in [0.1, 0.15) is 60.7 Å². The molecule has 0 saturated heterocycles. The summed E-state index contributed by atoms with van der Waals surface area (Å²) in [5.74, 6) is 3.08. The fourth-order valence-electron chi connectivity index (χ4n) is 3.06. The molecule has 108 valence electrons. The molecule has 3 heteroatoms. The van der Waals surface area contributed by atoms with Crippen molar-refractivity contribution >= 4 is 5.82 Å². The molecule has 1 aromatic carbocycles. The fraction of sp³-hybridized carbons (Fsp3) is 0.444. The molecule has 0 spiro atoms. The topological polar surface area (TPSA) is 37.8 Å². The summed E-state index contributed by atoms with van der Waals surface area (Å²) in [5.41, 5.74) is 4.10. The SMILES string of the molecule is CCCNc1cc(C2CC2)nc(C2Cc3ccccc32)n1. The van der Waals surface area contributed by atoms with E-state index in [0.29, 0.717) is 11.8 Å². The number of fused-ring (bicyclic) bond motifs is 1. The minimum absolute atomic E-state index is 0.391. The van der Waals surface area contributed by atoms with Crippen LogP contribution in [0.3, 0.4) is 0 Å². The molecule has 1 atom stereocenters. The van der Waals surface area contributed by atoms with Gasteiger partial charge >= 0.3 is 0 Å². The van der Waals surface area contributed by atoms with Crippen molar-refractivity contribution in [1.82, 2.24) is 9.97 Å². The zero-order chi connectivity index (χ0) is 14.2. The van der Waals surface area contributed by atoms with Gasteiger partial charge in [0.1, 0.15) is 11.6 Å². The second kappa shape index (κ2) is 5.14. The number of hydrogen-bond acceptors (Lipinski definition) is 3. The van der Waals surface area contributed by atoms with Crippen molar-refractivity contribution in [3.8, 4) is 0 Å². The van der Waals surface area contributed by atoms with Crippen molar-refractivity contribution in [3.05, 3.63) is 53.0 Å². The van der Waals surface area contributed by atoms with Gasteiger partial charge in [-0.2, -0.15) is 0 Å². The second-order valence-corrected chi connectivity index (χ2v) is 6.19. The Hall–Kier alpha value is -1.90. The van der Waals surface area contributed by atoms with Crippen molar-refractivity contribution < 1.29 is 0 Å². The highest BCUT2D eigenvalue weighted by Crippen LogP contribution is 2.42. The maximum absolute atomic E-state index is 4.87. The molecule has 0 amide bonds. The first-order valence-electron chi connectivity index (χ1n) is 8.05. The molecule has 1 unspecified atom stereocenters. The standard InChI is InChI=1S/C18H21N3/c1-2-9-19-17-11-16(12-7-8-12)20-18(21-17)15-10-13-5-3-4-6-14(13)15/h3-6,11-12,15H,2,7-10H2,1H3,(H,19,20,21). The predicted octanol–water partition coefficient (Wildman–Crippen LogP) is 3.86. The van der Waals surface area contributed by atoms with E-state index in [1.807, 2.05) is 0 Å². The highest BCUT2D eigenvalue weighted by Gasteiger charge is 2.32. The molecule has 0 radical (unpaired) electrons. The van der Waals surface area contributed by atoms with Crippen LogP contribution in [0, 0.1) is 0 Å². The summed E-state index contributed by atoms with van der Waals surface area (Å²) < 4.78 is 0. The normalized spacial score (nSPS) is 19.8. The average molecular weight is 279 g/mol. The molecule has 1 fully saturated rings. The van der Waals surface area contributed by atoms with Crippen LogP contribution in [-0.2, 0) is 6.42 Å². The molecule has 2 aliphatic carbocycles. The van der Waals surface area contributed by atoms with E-state index in [1.165, 1.54) is 29.7 Å². The van der Waals surface area contributed by atoms with Crippen LogP contribution in [0.15, 0.2) is 30.3 Å². The van der Waals surface area contributed by atoms with E-state index in [4.69, 9.17) is 9.97 Å². The van der Waals surface area contributed by atoms with Gasteiger partial charge in [0.25, 0.3) is 0 Å². The molecule has 0 aliphatic heterocycles. The van der Waals surface area contributed by atoms with Crippen LogP contribution >= 0.6 is 0 Å². The van der Waals surface area contributed by atoms with Gasteiger partial charge in [-0.1, -0.05) is 31.2 Å². The maximum atomic E-state index is 4.87. The number of hydrogen-bond donors (Lipinski definition) is 1. The summed E-state index contributed by atoms with van der Waals surface area (Å²) in [6.45, 7) is 3.15. The van der Waals surface area contributed by atoms with Crippen LogP contribution < -0.4 is 5.32 Å². The molecule has 21 heavy (non-hydrogen) atoms. The number of benzene rings is 1. The van der Waals surface area contributed by atoms with E-state index < -0.39 is 0 Å². The van der Waals surface area contributed by atoms with Gasteiger partial charge in [0.05, 0.1) is 0 Å². The smallest absolute Gasteiger partial charge is 0.138 e. The van der Waals surface area contributed by atoms with Crippen LogP contribution in [0.5, 0.6) is 0 Å². The van der Waals surface area contributed by atoms with Gasteiger partial charge in [-0.25, -0.2) is 9.97 Å². The molecule has 3 nitrogen and oxygen atoms in total. The Kier molecular flexibility index (Phi) is 3.13. The van der Waals surface area contributed by atoms with Crippen molar-refractivity contribution in [2.45, 2.75) is 44.4 Å². The molecular formula is C18H21N3. The summed E-state index contributed by atoms with van der Waals surface area (Å²) in [6, 6.07) is 10.8. The van der Waals surface area contributed by atoms with Crippen LogP contribution in [0.2, 0.25) is 0 Å². The number of rotatable bonds is 5. The molecule has 1 saturated carbocycles. The van der Waals surface area contributed by atoms with Crippen molar-refractivity contribution in [3.63, 3.8) is 0 Å². The first-order chi connectivity index (χ1) is 10.3. The summed E-state index contributed by atoms with van der Waals surface area (Å²) in [5, 5.41) is 3.43. The van der Waals surface area contributed by atoms with Gasteiger partial charge < -0.3 is 5.32 Å². The Morgan fingerprint density at radius 1 is 1.19 bits per heavy atom. The first kappa shape index (κ1) is 12.8. The molecule has 4 rings (SSSR count). The number of aromatic nitrogens is 2. The van der Waals surface area contributed by atoms with Gasteiger partial charge in [-0.05, 0) is 36.8 Å². The average Bonchev–Trinajstić information content (AvgIpc) is 3.31. The van der Waals surface area contributed by atoms with Crippen LogP contribution in [0.4, 0.5) is 5.82 Å². The van der Waals surface area contributed by atoms with Gasteiger partial charge in [0.2, 0.25) is 0 Å². The quantitative estimate of drug-likeness (QED) is 0.903. The van der Waals surface area contributed by atoms with Gasteiger partial charge in [0, 0.05) is 30.1 Å². The number of anilines is 1. The Balaban J connectivity index is 1.66. The Morgan fingerprint density at radius 2 is 2.05 bits per heavy atom. The monoisotopic (exact) mass is 279 g/mol. The van der Waals surface area contributed by atoms with Crippen molar-refractivity contribution in [2.75, 3.05) is 11.9 Å². The third kappa shape index (κ3) is 2.41. The summed E-state index contributed by atoms with van der Waals surface area (Å²) in [6.07, 6.45) is 4.76.